The monoisotopic (exact) mass is 342 g/mol. The second-order valence-electron chi connectivity index (χ2n) is 7.17. The van der Waals surface area contributed by atoms with Gasteiger partial charge in [-0.3, -0.25) is 4.68 Å². The molecule has 1 aromatic carbocycles. The van der Waals surface area contributed by atoms with Gasteiger partial charge in [0.25, 0.3) is 0 Å². The van der Waals surface area contributed by atoms with Crippen LogP contribution in [0.1, 0.15) is 56.4 Å². The Kier molecular flexibility index (Phi) is 6.59. The van der Waals surface area contributed by atoms with E-state index < -0.39 is 6.10 Å². The molecule has 2 aromatic rings. The smallest absolute Gasteiger partial charge is 0.124 e. The SMILES string of the molecule is CCCCCN1CCC(Cn2cc([C@H](O)c3ccccc3)nn2)CC1. The molecule has 1 saturated heterocycles. The Morgan fingerprint density at radius 2 is 1.92 bits per heavy atom. The number of aliphatic hydroxyl groups is 1. The summed E-state index contributed by atoms with van der Waals surface area (Å²) in [6.07, 6.45) is 7.60. The number of unbranched alkanes of at least 4 members (excludes halogenated alkanes) is 2. The fourth-order valence-corrected chi connectivity index (χ4v) is 3.58. The Morgan fingerprint density at radius 1 is 1.16 bits per heavy atom. The topological polar surface area (TPSA) is 54.2 Å². The van der Waals surface area contributed by atoms with Gasteiger partial charge >= 0.3 is 0 Å². The van der Waals surface area contributed by atoms with Crippen LogP contribution < -0.4 is 0 Å². The molecule has 0 radical (unpaired) electrons. The maximum atomic E-state index is 10.4. The molecule has 1 aliphatic heterocycles. The largest absolute Gasteiger partial charge is 0.382 e. The third kappa shape index (κ3) is 5.13. The van der Waals surface area contributed by atoms with Gasteiger partial charge in [-0.1, -0.05) is 55.3 Å². The highest BCUT2D eigenvalue weighted by Crippen LogP contribution is 2.22. The van der Waals surface area contributed by atoms with Gasteiger partial charge in [-0.05, 0) is 50.4 Å². The molecule has 1 N–H and O–H groups in total. The highest BCUT2D eigenvalue weighted by molar-refractivity contribution is 5.23. The van der Waals surface area contributed by atoms with E-state index in [9.17, 15) is 5.11 Å². The first-order valence-electron chi connectivity index (χ1n) is 9.61. The standard InChI is InChI=1S/C20H30N4O/c1-2-3-7-12-23-13-10-17(11-14-23)15-24-16-19(21-22-24)20(25)18-8-5-4-6-9-18/h4-6,8-9,16-17,20,25H,2-3,7,10-15H2,1H3/t20-/m1/s1. The van der Waals surface area contributed by atoms with Crippen LogP contribution in [-0.4, -0.2) is 44.6 Å². The van der Waals surface area contributed by atoms with E-state index in [0.29, 0.717) is 11.6 Å². The predicted molar refractivity (Wildman–Crippen MR) is 99.2 cm³/mol. The summed E-state index contributed by atoms with van der Waals surface area (Å²) >= 11 is 0. The highest BCUT2D eigenvalue weighted by Gasteiger charge is 2.20. The van der Waals surface area contributed by atoms with E-state index in [4.69, 9.17) is 0 Å². The summed E-state index contributed by atoms with van der Waals surface area (Å²) in [7, 11) is 0. The molecule has 1 aliphatic rings. The number of likely N-dealkylation sites (tertiary alicyclic amines) is 1. The second kappa shape index (κ2) is 9.11. The van der Waals surface area contributed by atoms with Crippen molar-refractivity contribution in [2.24, 2.45) is 5.92 Å². The molecule has 25 heavy (non-hydrogen) atoms. The first-order valence-corrected chi connectivity index (χ1v) is 9.61. The molecule has 136 valence electrons. The van der Waals surface area contributed by atoms with Crippen molar-refractivity contribution in [1.82, 2.24) is 19.9 Å². The molecular formula is C20H30N4O. The van der Waals surface area contributed by atoms with Crippen LogP contribution in [0.15, 0.2) is 36.5 Å². The van der Waals surface area contributed by atoms with Crippen molar-refractivity contribution < 1.29 is 5.11 Å². The minimum atomic E-state index is -0.699. The number of piperidine rings is 1. The van der Waals surface area contributed by atoms with E-state index in [2.05, 4.69) is 22.1 Å². The number of hydrogen-bond donors (Lipinski definition) is 1. The molecule has 5 nitrogen and oxygen atoms in total. The van der Waals surface area contributed by atoms with Gasteiger partial charge in [0.1, 0.15) is 11.8 Å². The third-order valence-electron chi connectivity index (χ3n) is 5.18. The van der Waals surface area contributed by atoms with E-state index in [1.807, 2.05) is 41.2 Å². The van der Waals surface area contributed by atoms with Gasteiger partial charge in [0.2, 0.25) is 0 Å². The molecule has 1 fully saturated rings. The maximum absolute atomic E-state index is 10.4. The zero-order valence-electron chi connectivity index (χ0n) is 15.2. The summed E-state index contributed by atoms with van der Waals surface area (Å²) in [5, 5.41) is 18.8. The maximum Gasteiger partial charge on any atom is 0.124 e. The number of rotatable bonds is 8. The summed E-state index contributed by atoms with van der Waals surface area (Å²) < 4.78 is 1.90. The molecular weight excluding hydrogens is 312 g/mol. The average Bonchev–Trinajstić information content (AvgIpc) is 3.12. The zero-order valence-corrected chi connectivity index (χ0v) is 15.2. The quantitative estimate of drug-likeness (QED) is 0.748. The normalized spacial score (nSPS) is 17.7. The highest BCUT2D eigenvalue weighted by atomic mass is 16.3. The van der Waals surface area contributed by atoms with Crippen molar-refractivity contribution in [2.45, 2.75) is 51.7 Å². The predicted octanol–water partition coefficient (Wildman–Crippen LogP) is 3.26. The van der Waals surface area contributed by atoms with E-state index in [-0.39, 0.29) is 0 Å². The summed E-state index contributed by atoms with van der Waals surface area (Å²) in [6.45, 7) is 6.80. The van der Waals surface area contributed by atoms with Crippen LogP contribution in [0.2, 0.25) is 0 Å². The Bertz CT molecular complexity index is 620. The van der Waals surface area contributed by atoms with Crippen LogP contribution in [-0.2, 0) is 6.54 Å². The number of aliphatic hydroxyl groups excluding tert-OH is 1. The average molecular weight is 342 g/mol. The second-order valence-corrected chi connectivity index (χ2v) is 7.17. The number of aromatic nitrogens is 3. The number of nitrogens with zero attached hydrogens (tertiary/aromatic N) is 4. The van der Waals surface area contributed by atoms with Gasteiger partial charge in [-0.15, -0.1) is 5.10 Å². The van der Waals surface area contributed by atoms with E-state index in [0.717, 1.165) is 12.1 Å². The molecule has 2 heterocycles. The molecule has 0 amide bonds. The molecule has 1 aromatic heterocycles. The Hall–Kier alpha value is -1.72. The molecule has 3 rings (SSSR count). The summed E-state index contributed by atoms with van der Waals surface area (Å²) in [4.78, 5) is 2.60. The van der Waals surface area contributed by atoms with Crippen LogP contribution in [0, 0.1) is 5.92 Å². The molecule has 5 heteroatoms. The van der Waals surface area contributed by atoms with Gasteiger partial charge in [0.05, 0.1) is 6.20 Å². The lowest BCUT2D eigenvalue weighted by atomic mass is 9.96. The Balaban J connectivity index is 1.48. The molecule has 0 unspecified atom stereocenters. The van der Waals surface area contributed by atoms with Crippen molar-refractivity contribution in [1.29, 1.82) is 0 Å². The fraction of sp³-hybridized carbons (Fsp3) is 0.600. The van der Waals surface area contributed by atoms with Gasteiger partial charge in [0, 0.05) is 6.54 Å². The molecule has 1 atom stereocenters. The van der Waals surface area contributed by atoms with Crippen molar-refractivity contribution in [3.63, 3.8) is 0 Å². The van der Waals surface area contributed by atoms with Crippen molar-refractivity contribution in [3.8, 4) is 0 Å². The zero-order chi connectivity index (χ0) is 17.5. The summed E-state index contributed by atoms with van der Waals surface area (Å²) in [5.41, 5.74) is 1.48. The lowest BCUT2D eigenvalue weighted by Gasteiger charge is -2.31. The fourth-order valence-electron chi connectivity index (χ4n) is 3.58. The number of hydrogen-bond acceptors (Lipinski definition) is 4. The molecule has 0 saturated carbocycles. The summed E-state index contributed by atoms with van der Waals surface area (Å²) in [5.74, 6) is 0.658. The van der Waals surface area contributed by atoms with Gasteiger partial charge in [-0.25, -0.2) is 0 Å². The first-order chi connectivity index (χ1) is 12.3. The van der Waals surface area contributed by atoms with Crippen LogP contribution in [0.3, 0.4) is 0 Å². The van der Waals surface area contributed by atoms with Crippen molar-refractivity contribution in [2.75, 3.05) is 19.6 Å². The minimum Gasteiger partial charge on any atom is -0.382 e. The Labute approximate surface area is 150 Å². The lowest BCUT2D eigenvalue weighted by Crippen LogP contribution is -2.35. The van der Waals surface area contributed by atoms with Crippen molar-refractivity contribution >= 4 is 0 Å². The van der Waals surface area contributed by atoms with Crippen LogP contribution in [0.4, 0.5) is 0 Å². The van der Waals surface area contributed by atoms with Gasteiger partial charge in [0.15, 0.2) is 0 Å². The van der Waals surface area contributed by atoms with Gasteiger partial charge in [-0.2, -0.15) is 0 Å². The third-order valence-corrected chi connectivity index (χ3v) is 5.18. The lowest BCUT2D eigenvalue weighted by molar-refractivity contribution is 0.168. The van der Waals surface area contributed by atoms with E-state index >= 15 is 0 Å². The van der Waals surface area contributed by atoms with Crippen LogP contribution in [0.5, 0.6) is 0 Å². The van der Waals surface area contributed by atoms with Crippen LogP contribution in [0.25, 0.3) is 0 Å². The number of benzene rings is 1. The minimum absolute atomic E-state index is 0.628. The molecule has 0 bridgehead atoms. The van der Waals surface area contributed by atoms with Crippen molar-refractivity contribution in [3.05, 3.63) is 47.8 Å². The molecule has 0 aliphatic carbocycles. The Morgan fingerprint density at radius 3 is 2.64 bits per heavy atom. The van der Waals surface area contributed by atoms with Crippen LogP contribution >= 0.6 is 0 Å². The summed E-state index contributed by atoms with van der Waals surface area (Å²) in [6, 6.07) is 9.63. The van der Waals surface area contributed by atoms with Gasteiger partial charge < -0.3 is 10.0 Å². The first kappa shape index (κ1) is 18.1. The molecule has 0 spiro atoms. The van der Waals surface area contributed by atoms with E-state index in [1.54, 1.807) is 0 Å². The van der Waals surface area contributed by atoms with E-state index in [1.165, 1.54) is 51.7 Å².